The standard InChI is InChI=1S/C12H19N5OS2/c1-16-10(18)8-9(15-12(16)19)14-11(13-8)20-7-6-17-4-2-3-5-17/h12,15,19H,2-7H2,1H3,(H,13,14). The van der Waals surface area contributed by atoms with Crippen LogP contribution in [0.4, 0.5) is 5.82 Å². The summed E-state index contributed by atoms with van der Waals surface area (Å²) in [5.74, 6) is 1.52. The van der Waals surface area contributed by atoms with Crippen LogP contribution in [0.15, 0.2) is 5.16 Å². The van der Waals surface area contributed by atoms with Crippen LogP contribution in [0.5, 0.6) is 0 Å². The van der Waals surface area contributed by atoms with Crippen LogP contribution in [0.3, 0.4) is 0 Å². The van der Waals surface area contributed by atoms with E-state index in [0.717, 1.165) is 17.5 Å². The molecule has 0 saturated carbocycles. The van der Waals surface area contributed by atoms with Crippen molar-refractivity contribution in [2.45, 2.75) is 23.5 Å². The summed E-state index contributed by atoms with van der Waals surface area (Å²) in [7, 11) is 1.72. The zero-order valence-electron chi connectivity index (χ0n) is 11.4. The summed E-state index contributed by atoms with van der Waals surface area (Å²) in [6.45, 7) is 3.50. The van der Waals surface area contributed by atoms with Gasteiger partial charge in [-0.15, -0.1) is 12.6 Å². The molecular formula is C12H19N5OS2. The van der Waals surface area contributed by atoms with Gasteiger partial charge < -0.3 is 20.1 Å². The summed E-state index contributed by atoms with van der Waals surface area (Å²) in [5.41, 5.74) is 0.210. The quantitative estimate of drug-likeness (QED) is 0.578. The van der Waals surface area contributed by atoms with E-state index in [1.165, 1.54) is 25.9 Å². The average Bonchev–Trinajstić information content (AvgIpc) is 3.06. The smallest absolute Gasteiger partial charge is 0.276 e. The zero-order chi connectivity index (χ0) is 14.1. The number of thiol groups is 1. The highest BCUT2D eigenvalue weighted by atomic mass is 32.2. The first kappa shape index (κ1) is 14.1. The molecule has 20 heavy (non-hydrogen) atoms. The molecule has 110 valence electrons. The molecule has 1 aromatic rings. The third-order valence-electron chi connectivity index (χ3n) is 3.69. The normalized spacial score (nSPS) is 23.0. The predicted octanol–water partition coefficient (Wildman–Crippen LogP) is 1.31. The van der Waals surface area contributed by atoms with Gasteiger partial charge in [0.1, 0.15) is 11.2 Å². The lowest BCUT2D eigenvalue weighted by Gasteiger charge is -2.29. The number of likely N-dealkylation sites (tertiary alicyclic amines) is 1. The number of aromatic nitrogens is 2. The number of nitrogens with zero attached hydrogens (tertiary/aromatic N) is 3. The van der Waals surface area contributed by atoms with Gasteiger partial charge in [0.25, 0.3) is 5.91 Å². The van der Waals surface area contributed by atoms with Gasteiger partial charge in [-0.3, -0.25) is 4.79 Å². The minimum Gasteiger partial charge on any atom is -0.340 e. The van der Waals surface area contributed by atoms with Crippen LogP contribution in [0.2, 0.25) is 0 Å². The number of carbonyl (C=O) groups excluding carboxylic acids is 1. The number of imidazole rings is 1. The van der Waals surface area contributed by atoms with Gasteiger partial charge in [-0.2, -0.15) is 0 Å². The fourth-order valence-corrected chi connectivity index (χ4v) is 3.56. The van der Waals surface area contributed by atoms with E-state index in [2.05, 4.69) is 32.8 Å². The van der Waals surface area contributed by atoms with Crippen molar-refractivity contribution in [3.8, 4) is 0 Å². The van der Waals surface area contributed by atoms with Crippen LogP contribution in [0, 0.1) is 0 Å². The van der Waals surface area contributed by atoms with Crippen molar-refractivity contribution in [3.63, 3.8) is 0 Å². The highest BCUT2D eigenvalue weighted by molar-refractivity contribution is 7.99. The van der Waals surface area contributed by atoms with Crippen molar-refractivity contribution in [1.82, 2.24) is 19.8 Å². The second kappa shape index (κ2) is 5.87. The van der Waals surface area contributed by atoms with E-state index in [-0.39, 0.29) is 11.4 Å². The number of anilines is 1. The average molecular weight is 313 g/mol. The van der Waals surface area contributed by atoms with E-state index in [1.54, 1.807) is 23.7 Å². The number of carbonyl (C=O) groups is 1. The summed E-state index contributed by atoms with van der Waals surface area (Å²) in [6, 6.07) is 0. The largest absolute Gasteiger partial charge is 0.340 e. The van der Waals surface area contributed by atoms with E-state index in [1.807, 2.05) is 0 Å². The molecular weight excluding hydrogens is 294 g/mol. The number of rotatable bonds is 4. The summed E-state index contributed by atoms with van der Waals surface area (Å²) in [4.78, 5) is 23.6. The van der Waals surface area contributed by atoms with Crippen LogP contribution in [-0.2, 0) is 0 Å². The van der Waals surface area contributed by atoms with Crippen molar-refractivity contribution in [2.75, 3.05) is 37.8 Å². The second-order valence-corrected chi connectivity index (χ2v) is 6.67. The number of fused-ring (bicyclic) bond motifs is 1. The molecule has 8 heteroatoms. The van der Waals surface area contributed by atoms with Crippen LogP contribution >= 0.6 is 24.4 Å². The van der Waals surface area contributed by atoms with Crippen LogP contribution in [0.25, 0.3) is 0 Å². The van der Waals surface area contributed by atoms with Gasteiger partial charge in [0.15, 0.2) is 11.0 Å². The Morgan fingerprint density at radius 1 is 1.45 bits per heavy atom. The Balaban J connectivity index is 1.60. The maximum atomic E-state index is 12.1. The molecule has 1 aromatic heterocycles. The first-order valence-electron chi connectivity index (χ1n) is 6.82. The third-order valence-corrected chi connectivity index (χ3v) is 5.02. The molecule has 0 aliphatic carbocycles. The van der Waals surface area contributed by atoms with Gasteiger partial charge in [0, 0.05) is 19.3 Å². The molecule has 0 bridgehead atoms. The summed E-state index contributed by atoms with van der Waals surface area (Å²) >= 11 is 5.97. The van der Waals surface area contributed by atoms with Gasteiger partial charge in [0.05, 0.1) is 0 Å². The number of hydrogen-bond acceptors (Lipinski definition) is 6. The SMILES string of the molecule is CN1C(=O)c2[nH]c(SCCN3CCCC3)nc2NC1S. The van der Waals surface area contributed by atoms with Gasteiger partial charge in [0.2, 0.25) is 0 Å². The van der Waals surface area contributed by atoms with Crippen molar-refractivity contribution in [3.05, 3.63) is 5.69 Å². The molecule has 0 spiro atoms. The van der Waals surface area contributed by atoms with Crippen molar-refractivity contribution in [2.24, 2.45) is 0 Å². The van der Waals surface area contributed by atoms with E-state index >= 15 is 0 Å². The first-order valence-corrected chi connectivity index (χ1v) is 8.32. The molecule has 1 saturated heterocycles. The minimum atomic E-state index is -0.319. The maximum absolute atomic E-state index is 12.1. The van der Waals surface area contributed by atoms with E-state index in [4.69, 9.17) is 0 Å². The highest BCUT2D eigenvalue weighted by Gasteiger charge is 2.30. The molecule has 1 fully saturated rings. The van der Waals surface area contributed by atoms with Crippen molar-refractivity contribution < 1.29 is 4.79 Å². The molecule has 1 atom stereocenters. The fourth-order valence-electron chi connectivity index (χ4n) is 2.46. The van der Waals surface area contributed by atoms with Gasteiger partial charge >= 0.3 is 0 Å². The molecule has 2 N–H and O–H groups in total. The monoisotopic (exact) mass is 313 g/mol. The predicted molar refractivity (Wildman–Crippen MR) is 83.5 cm³/mol. The third kappa shape index (κ3) is 2.77. The Hall–Kier alpha value is -0.860. The Kier molecular flexibility index (Phi) is 4.13. The molecule has 2 aliphatic rings. The zero-order valence-corrected chi connectivity index (χ0v) is 13.1. The van der Waals surface area contributed by atoms with Gasteiger partial charge in [-0.25, -0.2) is 4.98 Å². The molecule has 3 heterocycles. The maximum Gasteiger partial charge on any atom is 0.276 e. The van der Waals surface area contributed by atoms with E-state index in [0.29, 0.717) is 11.5 Å². The van der Waals surface area contributed by atoms with E-state index < -0.39 is 0 Å². The number of H-pyrrole nitrogens is 1. The molecule has 2 aliphatic heterocycles. The topological polar surface area (TPSA) is 64.3 Å². The number of hydrogen-bond donors (Lipinski definition) is 3. The molecule has 1 unspecified atom stereocenters. The van der Waals surface area contributed by atoms with Crippen molar-refractivity contribution in [1.29, 1.82) is 0 Å². The number of aromatic amines is 1. The number of thioether (sulfide) groups is 1. The van der Waals surface area contributed by atoms with Crippen molar-refractivity contribution >= 4 is 36.1 Å². The molecule has 0 radical (unpaired) electrons. The first-order chi connectivity index (χ1) is 9.65. The summed E-state index contributed by atoms with van der Waals surface area (Å²) in [5, 5.41) is 3.89. The number of amides is 1. The summed E-state index contributed by atoms with van der Waals surface area (Å²) < 4.78 is 0. The summed E-state index contributed by atoms with van der Waals surface area (Å²) in [6.07, 6.45) is 2.63. The number of nitrogens with one attached hydrogen (secondary N) is 2. The Labute approximate surface area is 128 Å². The molecule has 3 rings (SSSR count). The van der Waals surface area contributed by atoms with Crippen LogP contribution in [-0.4, -0.2) is 63.6 Å². The highest BCUT2D eigenvalue weighted by Crippen LogP contribution is 2.27. The Morgan fingerprint density at radius 3 is 2.95 bits per heavy atom. The lowest BCUT2D eigenvalue weighted by atomic mass is 10.3. The Bertz CT molecular complexity index is 500. The van der Waals surface area contributed by atoms with Gasteiger partial charge in [-0.1, -0.05) is 11.8 Å². The second-order valence-electron chi connectivity index (χ2n) is 5.10. The fraction of sp³-hybridized carbons (Fsp3) is 0.667. The Morgan fingerprint density at radius 2 is 2.20 bits per heavy atom. The molecule has 6 nitrogen and oxygen atoms in total. The minimum absolute atomic E-state index is 0.0716. The lowest BCUT2D eigenvalue weighted by molar-refractivity contribution is 0.0777. The van der Waals surface area contributed by atoms with Crippen LogP contribution < -0.4 is 5.32 Å². The lowest BCUT2D eigenvalue weighted by Crippen LogP contribution is -2.43. The van der Waals surface area contributed by atoms with Crippen LogP contribution in [0.1, 0.15) is 23.3 Å². The molecule has 0 aromatic carbocycles. The van der Waals surface area contributed by atoms with Gasteiger partial charge in [-0.05, 0) is 25.9 Å². The van der Waals surface area contributed by atoms with E-state index in [9.17, 15) is 4.79 Å². The molecule has 1 amide bonds.